The second-order valence-corrected chi connectivity index (χ2v) is 6.94. The van der Waals surface area contributed by atoms with Crippen LogP contribution in [0.25, 0.3) is 10.9 Å². The van der Waals surface area contributed by atoms with Gasteiger partial charge in [-0.25, -0.2) is 0 Å². The molecule has 0 aliphatic heterocycles. The van der Waals surface area contributed by atoms with E-state index in [-0.39, 0.29) is 18.2 Å². The van der Waals surface area contributed by atoms with Crippen LogP contribution in [0, 0.1) is 0 Å². The highest BCUT2D eigenvalue weighted by molar-refractivity contribution is 5.95. The summed E-state index contributed by atoms with van der Waals surface area (Å²) in [5.74, 6) is 0.0883. The number of carbonyl (C=O) groups is 1. The lowest BCUT2D eigenvalue weighted by Crippen LogP contribution is -2.25. The molecule has 3 rings (SSSR count). The number of fused-ring (bicyclic) bond motifs is 1. The summed E-state index contributed by atoms with van der Waals surface area (Å²) < 4.78 is 6.85. The van der Waals surface area contributed by atoms with Crippen LogP contribution < -0.4 is 4.74 Å². The van der Waals surface area contributed by atoms with E-state index in [1.165, 1.54) is 6.21 Å². The van der Waals surface area contributed by atoms with Crippen molar-refractivity contribution in [1.82, 2.24) is 9.47 Å². The van der Waals surface area contributed by atoms with E-state index in [0.29, 0.717) is 12.1 Å². The minimum Gasteiger partial charge on any atom is -0.497 e. The summed E-state index contributed by atoms with van der Waals surface area (Å²) in [5, 5.41) is 22.9. The number of para-hydroxylation sites is 1. The van der Waals surface area contributed by atoms with Crippen molar-refractivity contribution in [3.63, 3.8) is 0 Å². The lowest BCUT2D eigenvalue weighted by atomic mass is 10.2. The van der Waals surface area contributed by atoms with Crippen LogP contribution >= 0.6 is 0 Å². The first kappa shape index (κ1) is 23.0. The summed E-state index contributed by atoms with van der Waals surface area (Å²) in [5.41, 5.74) is 1.87. The fraction of sp³-hybridized carbons (Fsp3) is 0.304. The number of aromatic hydroxyl groups is 1. The van der Waals surface area contributed by atoms with E-state index in [1.807, 2.05) is 36.4 Å². The molecule has 32 heavy (non-hydrogen) atoms. The number of azo groups is 1. The minimum atomic E-state index is -0.614. The molecule has 0 atom stereocenters. The molecule has 0 aliphatic rings. The second-order valence-electron chi connectivity index (χ2n) is 6.94. The Bertz CT molecular complexity index is 1100. The molecule has 1 heterocycles. The molecule has 0 saturated carbocycles. The number of rotatable bonds is 10. The average Bonchev–Trinajstić information content (AvgIpc) is 3.09. The van der Waals surface area contributed by atoms with Gasteiger partial charge in [-0.05, 0) is 49.0 Å². The third kappa shape index (κ3) is 5.50. The zero-order valence-electron chi connectivity index (χ0n) is 18.4. The molecule has 0 fully saturated rings. The van der Waals surface area contributed by atoms with E-state index < -0.39 is 5.91 Å². The first-order valence-electron chi connectivity index (χ1n) is 10.3. The van der Waals surface area contributed by atoms with Gasteiger partial charge in [0.25, 0.3) is 0 Å². The Morgan fingerprint density at radius 3 is 2.53 bits per heavy atom. The maximum Gasteiger partial charge on any atom is 0.304 e. The first-order valence-corrected chi connectivity index (χ1v) is 10.3. The van der Waals surface area contributed by atoms with Crippen LogP contribution in [0.15, 0.2) is 63.9 Å². The van der Waals surface area contributed by atoms with Crippen molar-refractivity contribution in [2.24, 2.45) is 15.4 Å². The van der Waals surface area contributed by atoms with Gasteiger partial charge in [-0.1, -0.05) is 37.2 Å². The maximum absolute atomic E-state index is 12.1. The van der Waals surface area contributed by atoms with Gasteiger partial charge in [-0.2, -0.15) is 0 Å². The van der Waals surface area contributed by atoms with Crippen molar-refractivity contribution in [1.29, 1.82) is 0 Å². The minimum absolute atomic E-state index is 0.0342. The molecule has 0 spiro atoms. The Labute approximate surface area is 186 Å². The van der Waals surface area contributed by atoms with E-state index in [0.717, 1.165) is 29.9 Å². The van der Waals surface area contributed by atoms with Crippen molar-refractivity contribution in [2.45, 2.75) is 20.5 Å². The molecule has 1 N–H and O–H groups in total. The largest absolute Gasteiger partial charge is 0.497 e. The SMILES string of the molecule is CCN(CC)Cn1c(O)c(N=NC(=O)CO/N=C\c2ccc(OC)cc2)c2ccccc21. The van der Waals surface area contributed by atoms with Crippen LogP contribution in [-0.2, 0) is 16.3 Å². The van der Waals surface area contributed by atoms with Gasteiger partial charge in [-0.3, -0.25) is 14.3 Å². The van der Waals surface area contributed by atoms with Crippen molar-refractivity contribution in [3.05, 3.63) is 54.1 Å². The molecule has 9 nitrogen and oxygen atoms in total. The maximum atomic E-state index is 12.1. The predicted octanol–water partition coefficient (Wildman–Crippen LogP) is 4.32. The summed E-state index contributed by atoms with van der Waals surface area (Å²) in [6, 6.07) is 14.7. The summed E-state index contributed by atoms with van der Waals surface area (Å²) in [4.78, 5) is 19.2. The number of ether oxygens (including phenoxy) is 1. The zero-order chi connectivity index (χ0) is 22.9. The molecule has 168 valence electrons. The monoisotopic (exact) mass is 437 g/mol. The number of hydrogen-bond acceptors (Lipinski definition) is 7. The topological polar surface area (TPSA) is 101 Å². The number of nitrogens with zero attached hydrogens (tertiary/aromatic N) is 5. The van der Waals surface area contributed by atoms with Crippen LogP contribution in [-0.4, -0.2) is 53.5 Å². The van der Waals surface area contributed by atoms with Crippen molar-refractivity contribution >= 4 is 28.7 Å². The van der Waals surface area contributed by atoms with Crippen molar-refractivity contribution in [2.75, 3.05) is 26.8 Å². The van der Waals surface area contributed by atoms with E-state index in [2.05, 4.69) is 34.1 Å². The highest BCUT2D eigenvalue weighted by Crippen LogP contribution is 2.38. The predicted molar refractivity (Wildman–Crippen MR) is 123 cm³/mol. The molecule has 1 aromatic heterocycles. The lowest BCUT2D eigenvalue weighted by Gasteiger charge is -2.19. The number of amides is 1. The number of benzene rings is 2. The van der Waals surface area contributed by atoms with Gasteiger partial charge >= 0.3 is 5.91 Å². The van der Waals surface area contributed by atoms with Crippen LogP contribution in [0.1, 0.15) is 19.4 Å². The molecule has 1 amide bonds. The third-order valence-electron chi connectivity index (χ3n) is 4.99. The Hall–Kier alpha value is -3.72. The highest BCUT2D eigenvalue weighted by Gasteiger charge is 2.18. The summed E-state index contributed by atoms with van der Waals surface area (Å²) in [6.07, 6.45) is 1.48. The molecule has 2 aromatic carbocycles. The van der Waals surface area contributed by atoms with Gasteiger partial charge in [0.05, 0.1) is 25.5 Å². The van der Waals surface area contributed by atoms with Gasteiger partial charge in [0.2, 0.25) is 5.88 Å². The fourth-order valence-electron chi connectivity index (χ4n) is 3.15. The fourth-order valence-corrected chi connectivity index (χ4v) is 3.15. The van der Waals surface area contributed by atoms with Crippen LogP contribution in [0.3, 0.4) is 0 Å². The molecular formula is C23H27N5O4. The molecule has 0 unspecified atom stereocenters. The van der Waals surface area contributed by atoms with Gasteiger partial charge < -0.3 is 14.7 Å². The normalized spacial score (nSPS) is 11.8. The van der Waals surface area contributed by atoms with Crippen LogP contribution in [0.5, 0.6) is 11.6 Å². The van der Waals surface area contributed by atoms with E-state index in [4.69, 9.17) is 9.57 Å². The quantitative estimate of drug-likeness (QED) is 0.289. The Morgan fingerprint density at radius 1 is 1.12 bits per heavy atom. The molecule has 3 aromatic rings. The average molecular weight is 438 g/mol. The lowest BCUT2D eigenvalue weighted by molar-refractivity contribution is -0.122. The van der Waals surface area contributed by atoms with Crippen LogP contribution in [0.4, 0.5) is 5.69 Å². The number of aromatic nitrogens is 1. The second kappa shape index (κ2) is 11.1. The summed E-state index contributed by atoms with van der Waals surface area (Å²) >= 11 is 0. The summed E-state index contributed by atoms with van der Waals surface area (Å²) in [7, 11) is 1.59. The van der Waals surface area contributed by atoms with Crippen LogP contribution in [0.2, 0.25) is 0 Å². The number of oxime groups is 1. The van der Waals surface area contributed by atoms with Gasteiger partial charge in [0, 0.05) is 5.39 Å². The smallest absolute Gasteiger partial charge is 0.304 e. The third-order valence-corrected chi connectivity index (χ3v) is 4.99. The molecule has 0 aliphatic carbocycles. The number of methoxy groups -OCH3 is 1. The Kier molecular flexibility index (Phi) is 7.93. The number of hydrogen-bond donors (Lipinski definition) is 1. The molecule has 0 bridgehead atoms. The molecular weight excluding hydrogens is 410 g/mol. The Morgan fingerprint density at radius 2 is 1.84 bits per heavy atom. The van der Waals surface area contributed by atoms with E-state index in [9.17, 15) is 9.90 Å². The van der Waals surface area contributed by atoms with Gasteiger partial charge in [0.1, 0.15) is 5.75 Å². The standard InChI is InChI=1S/C23H27N5O4/c1-4-27(5-2)16-28-20-9-7-6-8-19(20)22(23(28)30)26-25-21(29)15-32-24-14-17-10-12-18(31-3)13-11-17/h6-14,30H,4-5,15-16H2,1-3H3/b24-14-,26-25?. The molecule has 0 radical (unpaired) electrons. The van der Waals surface area contributed by atoms with Gasteiger partial charge in [-0.15, -0.1) is 10.2 Å². The summed E-state index contributed by atoms with van der Waals surface area (Å²) in [6.45, 7) is 5.94. The zero-order valence-corrected chi connectivity index (χ0v) is 18.4. The molecule has 0 saturated heterocycles. The van der Waals surface area contributed by atoms with E-state index in [1.54, 1.807) is 23.8 Å². The number of carbonyl (C=O) groups excluding carboxylic acids is 1. The van der Waals surface area contributed by atoms with E-state index >= 15 is 0 Å². The van der Waals surface area contributed by atoms with Crippen molar-refractivity contribution in [3.8, 4) is 11.6 Å². The van der Waals surface area contributed by atoms with Crippen molar-refractivity contribution < 1.29 is 19.5 Å². The first-order chi connectivity index (χ1) is 15.6. The molecule has 9 heteroatoms. The van der Waals surface area contributed by atoms with Gasteiger partial charge in [0.15, 0.2) is 12.3 Å². The highest BCUT2D eigenvalue weighted by atomic mass is 16.6. The Balaban J connectivity index is 1.67.